The molecule has 2 rings (SSSR count). The second-order valence-electron chi connectivity index (χ2n) is 7.05. The van der Waals surface area contributed by atoms with Crippen molar-refractivity contribution in [3.05, 3.63) is 29.8 Å². The van der Waals surface area contributed by atoms with E-state index in [0.717, 1.165) is 36.7 Å². The zero-order chi connectivity index (χ0) is 15.2. The fourth-order valence-corrected chi connectivity index (χ4v) is 3.56. The zero-order valence-electron chi connectivity index (χ0n) is 14.1. The molecule has 3 unspecified atom stereocenters. The Morgan fingerprint density at radius 3 is 2.81 bits per heavy atom. The Kier molecular flexibility index (Phi) is 6.10. The summed E-state index contributed by atoms with van der Waals surface area (Å²) in [5.41, 5.74) is 1.25. The van der Waals surface area contributed by atoms with Crippen LogP contribution in [0, 0.1) is 24.7 Å². The van der Waals surface area contributed by atoms with E-state index in [9.17, 15) is 0 Å². The van der Waals surface area contributed by atoms with Gasteiger partial charge in [-0.15, -0.1) is 0 Å². The topological polar surface area (TPSA) is 21.3 Å². The zero-order valence-corrected chi connectivity index (χ0v) is 14.1. The molecule has 0 aromatic heterocycles. The Balaban J connectivity index is 1.76. The molecular formula is C19H31NO. The molecule has 1 aliphatic rings. The lowest BCUT2D eigenvalue weighted by atomic mass is 9.74. The lowest BCUT2D eigenvalue weighted by molar-refractivity contribution is 0.164. The predicted octanol–water partition coefficient (Wildman–Crippen LogP) is 4.42. The first-order valence-corrected chi connectivity index (χ1v) is 8.49. The maximum absolute atomic E-state index is 5.84. The van der Waals surface area contributed by atoms with E-state index in [2.05, 4.69) is 51.2 Å². The van der Waals surface area contributed by atoms with Gasteiger partial charge in [0.1, 0.15) is 12.4 Å². The van der Waals surface area contributed by atoms with Crippen molar-refractivity contribution >= 4 is 0 Å². The molecule has 0 radical (unpaired) electrons. The van der Waals surface area contributed by atoms with Gasteiger partial charge in [-0.1, -0.05) is 39.3 Å². The van der Waals surface area contributed by atoms with Gasteiger partial charge >= 0.3 is 0 Å². The van der Waals surface area contributed by atoms with Crippen LogP contribution in [0.1, 0.15) is 45.6 Å². The molecule has 3 atom stereocenters. The summed E-state index contributed by atoms with van der Waals surface area (Å²) in [4.78, 5) is 0. The molecule has 118 valence electrons. The highest BCUT2D eigenvalue weighted by atomic mass is 16.5. The molecule has 1 fully saturated rings. The molecular weight excluding hydrogens is 258 g/mol. The Labute approximate surface area is 130 Å². The third-order valence-electron chi connectivity index (χ3n) is 4.79. The van der Waals surface area contributed by atoms with Crippen LogP contribution in [0.4, 0.5) is 0 Å². The number of rotatable bonds is 6. The molecule has 2 heteroatoms. The van der Waals surface area contributed by atoms with Gasteiger partial charge in [-0.3, -0.25) is 0 Å². The molecule has 1 N–H and O–H groups in total. The lowest BCUT2D eigenvalue weighted by Gasteiger charge is -2.38. The maximum Gasteiger partial charge on any atom is 0.119 e. The van der Waals surface area contributed by atoms with E-state index in [1.165, 1.54) is 24.8 Å². The third kappa shape index (κ3) is 5.03. The summed E-state index contributed by atoms with van der Waals surface area (Å²) < 4.78 is 5.84. The summed E-state index contributed by atoms with van der Waals surface area (Å²) in [7, 11) is 0. The first kappa shape index (κ1) is 16.4. The summed E-state index contributed by atoms with van der Waals surface area (Å²) in [6.07, 6.45) is 4.07. The third-order valence-corrected chi connectivity index (χ3v) is 4.79. The molecule has 21 heavy (non-hydrogen) atoms. The van der Waals surface area contributed by atoms with Crippen molar-refractivity contribution in [2.45, 2.75) is 53.0 Å². The minimum atomic E-state index is 0.662. The van der Waals surface area contributed by atoms with Crippen molar-refractivity contribution in [1.29, 1.82) is 0 Å². The Bertz CT molecular complexity index is 429. The van der Waals surface area contributed by atoms with Gasteiger partial charge in [0.2, 0.25) is 0 Å². The van der Waals surface area contributed by atoms with E-state index in [4.69, 9.17) is 4.74 Å². The minimum Gasteiger partial charge on any atom is -0.492 e. The summed E-state index contributed by atoms with van der Waals surface area (Å²) >= 11 is 0. The first-order chi connectivity index (χ1) is 10.1. The molecule has 0 bridgehead atoms. The molecule has 1 aromatic carbocycles. The smallest absolute Gasteiger partial charge is 0.119 e. The molecule has 1 aromatic rings. The van der Waals surface area contributed by atoms with Gasteiger partial charge in [0, 0.05) is 12.6 Å². The van der Waals surface area contributed by atoms with Gasteiger partial charge in [-0.2, -0.15) is 0 Å². The second kappa shape index (κ2) is 7.84. The summed E-state index contributed by atoms with van der Waals surface area (Å²) in [5.74, 6) is 3.43. The molecule has 0 saturated heterocycles. The van der Waals surface area contributed by atoms with Crippen LogP contribution in [0.2, 0.25) is 0 Å². The number of hydrogen-bond donors (Lipinski definition) is 1. The average Bonchev–Trinajstić information content (AvgIpc) is 2.43. The Hall–Kier alpha value is -1.02. The summed E-state index contributed by atoms with van der Waals surface area (Å²) in [5, 5.41) is 3.74. The van der Waals surface area contributed by atoms with Crippen LogP contribution >= 0.6 is 0 Å². The summed E-state index contributed by atoms with van der Waals surface area (Å²) in [6, 6.07) is 8.94. The highest BCUT2D eigenvalue weighted by Crippen LogP contribution is 2.33. The van der Waals surface area contributed by atoms with E-state index in [1.54, 1.807) is 0 Å². The van der Waals surface area contributed by atoms with Crippen molar-refractivity contribution in [2.75, 3.05) is 13.2 Å². The predicted molar refractivity (Wildman–Crippen MR) is 89.8 cm³/mol. The molecule has 1 aliphatic carbocycles. The summed E-state index contributed by atoms with van der Waals surface area (Å²) in [6.45, 7) is 10.9. The Morgan fingerprint density at radius 2 is 2.10 bits per heavy atom. The van der Waals surface area contributed by atoms with Crippen LogP contribution in [0.5, 0.6) is 5.75 Å². The van der Waals surface area contributed by atoms with Gasteiger partial charge in [-0.05, 0) is 55.2 Å². The molecule has 2 nitrogen and oxygen atoms in total. The Morgan fingerprint density at radius 1 is 1.29 bits per heavy atom. The average molecular weight is 289 g/mol. The van der Waals surface area contributed by atoms with Gasteiger partial charge in [0.05, 0.1) is 0 Å². The largest absolute Gasteiger partial charge is 0.492 e. The van der Waals surface area contributed by atoms with Gasteiger partial charge in [0.15, 0.2) is 0 Å². The maximum atomic E-state index is 5.84. The van der Waals surface area contributed by atoms with Crippen molar-refractivity contribution in [1.82, 2.24) is 5.32 Å². The number of aryl methyl sites for hydroxylation is 1. The van der Waals surface area contributed by atoms with E-state index in [0.29, 0.717) is 6.04 Å². The molecule has 0 amide bonds. The fourth-order valence-electron chi connectivity index (χ4n) is 3.56. The minimum absolute atomic E-state index is 0.662. The van der Waals surface area contributed by atoms with E-state index in [1.807, 2.05) is 6.07 Å². The van der Waals surface area contributed by atoms with E-state index in [-0.39, 0.29) is 0 Å². The van der Waals surface area contributed by atoms with Crippen LogP contribution in [0.15, 0.2) is 24.3 Å². The highest BCUT2D eigenvalue weighted by molar-refractivity contribution is 5.27. The van der Waals surface area contributed by atoms with Crippen LogP contribution in [0.3, 0.4) is 0 Å². The quantitative estimate of drug-likeness (QED) is 0.783. The fraction of sp³-hybridized carbons (Fsp3) is 0.684. The van der Waals surface area contributed by atoms with Gasteiger partial charge in [-0.25, -0.2) is 0 Å². The van der Waals surface area contributed by atoms with Crippen LogP contribution in [0.25, 0.3) is 0 Å². The number of benzene rings is 1. The van der Waals surface area contributed by atoms with E-state index < -0.39 is 0 Å². The SMILES string of the molecule is Cc1cccc(OCCNC2CC(C)CCC2C(C)C)c1. The molecule has 0 aliphatic heterocycles. The van der Waals surface area contributed by atoms with Crippen molar-refractivity contribution in [2.24, 2.45) is 17.8 Å². The highest BCUT2D eigenvalue weighted by Gasteiger charge is 2.29. The lowest BCUT2D eigenvalue weighted by Crippen LogP contribution is -2.44. The number of ether oxygens (including phenoxy) is 1. The van der Waals surface area contributed by atoms with Crippen molar-refractivity contribution < 1.29 is 4.74 Å². The van der Waals surface area contributed by atoms with Crippen LogP contribution in [-0.2, 0) is 0 Å². The van der Waals surface area contributed by atoms with Crippen molar-refractivity contribution in [3.8, 4) is 5.75 Å². The van der Waals surface area contributed by atoms with Crippen LogP contribution < -0.4 is 10.1 Å². The van der Waals surface area contributed by atoms with Crippen LogP contribution in [-0.4, -0.2) is 19.2 Å². The molecule has 1 saturated carbocycles. The van der Waals surface area contributed by atoms with E-state index >= 15 is 0 Å². The van der Waals surface area contributed by atoms with Gasteiger partial charge in [0.25, 0.3) is 0 Å². The van der Waals surface area contributed by atoms with Gasteiger partial charge < -0.3 is 10.1 Å². The number of nitrogens with one attached hydrogen (secondary N) is 1. The molecule has 0 heterocycles. The standard InChI is InChI=1S/C19H31NO/c1-14(2)18-9-8-16(4)13-19(18)20-10-11-21-17-7-5-6-15(3)12-17/h5-7,12,14,16,18-20H,8-11,13H2,1-4H3. The monoisotopic (exact) mass is 289 g/mol. The molecule has 0 spiro atoms. The first-order valence-electron chi connectivity index (χ1n) is 8.49. The normalized spacial score (nSPS) is 26.0. The second-order valence-corrected chi connectivity index (χ2v) is 7.05. The van der Waals surface area contributed by atoms with Crippen molar-refractivity contribution in [3.63, 3.8) is 0 Å². The number of hydrogen-bond acceptors (Lipinski definition) is 2.